The lowest BCUT2D eigenvalue weighted by Gasteiger charge is -2.34. The van der Waals surface area contributed by atoms with Gasteiger partial charge < -0.3 is 19.4 Å². The third kappa shape index (κ3) is 4.69. The normalized spacial score (nSPS) is 20.2. The van der Waals surface area contributed by atoms with Gasteiger partial charge in [-0.1, -0.05) is 23.5 Å². The highest BCUT2D eigenvalue weighted by Crippen LogP contribution is 2.25. The molecule has 9 nitrogen and oxygen atoms in total. The largest absolute Gasteiger partial charge is 0.490 e. The molecule has 1 atom stereocenters. The van der Waals surface area contributed by atoms with Gasteiger partial charge in [0.25, 0.3) is 15.9 Å². The second-order valence-electron chi connectivity index (χ2n) is 7.57. The Morgan fingerprint density at radius 3 is 2.65 bits per heavy atom. The number of carbonyl (C=O) groups is 1. The van der Waals surface area contributed by atoms with Gasteiger partial charge in [-0.3, -0.25) is 9.59 Å². The van der Waals surface area contributed by atoms with Crippen LogP contribution in [0.25, 0.3) is 0 Å². The zero-order valence-electron chi connectivity index (χ0n) is 17.2. The molecule has 31 heavy (non-hydrogen) atoms. The average Bonchev–Trinajstić information content (AvgIpc) is 3.41. The van der Waals surface area contributed by atoms with Crippen molar-refractivity contribution in [3.8, 4) is 5.75 Å². The first kappa shape index (κ1) is 22.0. The van der Waals surface area contributed by atoms with Crippen LogP contribution in [0.5, 0.6) is 5.75 Å². The van der Waals surface area contributed by atoms with Gasteiger partial charge in [-0.25, -0.2) is 8.42 Å². The van der Waals surface area contributed by atoms with Crippen molar-refractivity contribution in [2.45, 2.75) is 30.1 Å². The predicted octanol–water partition coefficient (Wildman–Crippen LogP) is 1.45. The predicted molar refractivity (Wildman–Crippen MR) is 115 cm³/mol. The maximum absolute atomic E-state index is 13.1. The Balaban J connectivity index is 1.41. The van der Waals surface area contributed by atoms with Gasteiger partial charge in [0.2, 0.25) is 0 Å². The van der Waals surface area contributed by atoms with E-state index >= 15 is 0 Å². The van der Waals surface area contributed by atoms with Crippen LogP contribution in [0, 0.1) is 6.92 Å². The number of nitrogens with one attached hydrogen (secondary N) is 1. The monoisotopic (exact) mass is 467 g/mol. The molecule has 2 saturated heterocycles. The zero-order valence-corrected chi connectivity index (χ0v) is 18.8. The van der Waals surface area contributed by atoms with Gasteiger partial charge in [-0.15, -0.1) is 0 Å². The summed E-state index contributed by atoms with van der Waals surface area (Å²) in [7, 11) is -3.77. The van der Waals surface area contributed by atoms with Crippen LogP contribution in [0.1, 0.15) is 28.9 Å². The van der Waals surface area contributed by atoms with E-state index in [2.05, 4.69) is 4.98 Å². The minimum Gasteiger partial charge on any atom is -0.490 e. The average molecular weight is 468 g/mol. The molecule has 0 spiro atoms. The summed E-state index contributed by atoms with van der Waals surface area (Å²) in [5, 5.41) is 0. The number of H-pyrrole nitrogens is 1. The lowest BCUT2D eigenvalue weighted by atomic mass is 10.1. The van der Waals surface area contributed by atoms with Crippen molar-refractivity contribution in [3.63, 3.8) is 0 Å². The van der Waals surface area contributed by atoms with Gasteiger partial charge in [0.05, 0.1) is 11.7 Å². The third-order valence-electron chi connectivity index (χ3n) is 5.45. The molecule has 0 aliphatic carbocycles. The van der Waals surface area contributed by atoms with E-state index in [0.717, 1.165) is 19.4 Å². The van der Waals surface area contributed by atoms with E-state index < -0.39 is 14.9 Å². The lowest BCUT2D eigenvalue weighted by Crippen LogP contribution is -2.50. The van der Waals surface area contributed by atoms with Crippen molar-refractivity contribution in [1.29, 1.82) is 0 Å². The van der Waals surface area contributed by atoms with Gasteiger partial charge in [-0.2, -0.15) is 4.31 Å². The molecule has 168 valence electrons. The summed E-state index contributed by atoms with van der Waals surface area (Å²) < 4.78 is 38.6. The van der Waals surface area contributed by atoms with Crippen molar-refractivity contribution < 1.29 is 22.7 Å². The number of para-hydroxylation sites is 1. The summed E-state index contributed by atoms with van der Waals surface area (Å²) in [6.07, 6.45) is 2.01. The smallest absolute Gasteiger partial charge is 0.305 e. The number of benzene rings is 1. The second kappa shape index (κ2) is 9.11. The molecule has 1 aromatic heterocycles. The minimum atomic E-state index is -3.77. The van der Waals surface area contributed by atoms with Gasteiger partial charge >= 0.3 is 4.87 Å². The first-order valence-electron chi connectivity index (χ1n) is 10.2. The zero-order chi connectivity index (χ0) is 22.0. The summed E-state index contributed by atoms with van der Waals surface area (Å²) in [5.41, 5.74) is 0.794. The Kier molecular flexibility index (Phi) is 6.47. The number of piperazine rings is 1. The van der Waals surface area contributed by atoms with Crippen LogP contribution in [-0.4, -0.2) is 74.0 Å². The molecule has 1 N–H and O–H groups in total. The molecule has 0 bridgehead atoms. The Morgan fingerprint density at radius 1 is 1.26 bits per heavy atom. The summed E-state index contributed by atoms with van der Waals surface area (Å²) in [5.74, 6) is 0.313. The number of hydrogen-bond acceptors (Lipinski definition) is 7. The summed E-state index contributed by atoms with van der Waals surface area (Å²) in [6.45, 7) is 3.55. The highest BCUT2D eigenvalue weighted by Gasteiger charge is 2.33. The van der Waals surface area contributed by atoms with Crippen molar-refractivity contribution in [2.24, 2.45) is 0 Å². The molecular formula is C20H25N3O6S2. The Labute approximate surface area is 184 Å². The van der Waals surface area contributed by atoms with E-state index in [9.17, 15) is 18.0 Å². The first-order valence-corrected chi connectivity index (χ1v) is 12.4. The van der Waals surface area contributed by atoms with Crippen LogP contribution in [-0.2, 0) is 14.8 Å². The first-order chi connectivity index (χ1) is 14.9. The molecule has 2 fully saturated rings. The highest BCUT2D eigenvalue weighted by molar-refractivity contribution is 7.91. The molecule has 1 amide bonds. The van der Waals surface area contributed by atoms with Crippen LogP contribution in [0.2, 0.25) is 0 Å². The van der Waals surface area contributed by atoms with Crippen LogP contribution in [0.15, 0.2) is 33.3 Å². The molecule has 1 aromatic carbocycles. The van der Waals surface area contributed by atoms with Crippen LogP contribution >= 0.6 is 11.3 Å². The molecule has 4 rings (SSSR count). The fourth-order valence-corrected chi connectivity index (χ4v) is 6.64. The summed E-state index contributed by atoms with van der Waals surface area (Å²) >= 11 is 0.689. The standard InChI is InChI=1S/C20H25N3O6S2/c1-14-19(30-20(25)21-14)31(26,27)23-10-8-22(9-11-23)18(24)16-6-2-3-7-17(16)29-13-15-5-4-12-28-15/h2-3,6-7,15H,4-5,8-13H2,1H3,(H,21,25)/t15-/m0/s1. The van der Waals surface area contributed by atoms with Crippen LogP contribution in [0.4, 0.5) is 0 Å². The van der Waals surface area contributed by atoms with Gasteiger partial charge in [0, 0.05) is 38.5 Å². The van der Waals surface area contributed by atoms with Gasteiger partial charge in [-0.05, 0) is 31.9 Å². The molecule has 2 aromatic rings. The van der Waals surface area contributed by atoms with Crippen LogP contribution in [0.3, 0.4) is 0 Å². The maximum Gasteiger partial charge on any atom is 0.305 e. The highest BCUT2D eigenvalue weighted by atomic mass is 32.2. The molecule has 2 aliphatic heterocycles. The third-order valence-corrected chi connectivity index (χ3v) is 8.93. The maximum atomic E-state index is 13.1. The molecule has 3 heterocycles. The number of amides is 1. The van der Waals surface area contributed by atoms with Crippen molar-refractivity contribution >= 4 is 27.3 Å². The number of thiazole rings is 1. The van der Waals surface area contributed by atoms with E-state index in [1.807, 2.05) is 6.07 Å². The minimum absolute atomic E-state index is 0.0325. The lowest BCUT2D eigenvalue weighted by molar-refractivity contribution is 0.0632. The second-order valence-corrected chi connectivity index (χ2v) is 10.7. The number of aromatic amines is 1. The number of rotatable bonds is 6. The number of hydrogen-bond donors (Lipinski definition) is 1. The van der Waals surface area contributed by atoms with Crippen LogP contribution < -0.4 is 9.61 Å². The molecule has 0 unspecified atom stereocenters. The fraction of sp³-hybridized carbons (Fsp3) is 0.500. The van der Waals surface area contributed by atoms with E-state index in [1.165, 1.54) is 4.31 Å². The van der Waals surface area contributed by atoms with Gasteiger partial charge in [0.15, 0.2) is 4.21 Å². The quantitative estimate of drug-likeness (QED) is 0.689. The van der Waals surface area contributed by atoms with E-state index in [0.29, 0.717) is 35.0 Å². The molecule has 11 heteroatoms. The molecule has 0 radical (unpaired) electrons. The number of ether oxygens (including phenoxy) is 2. The number of nitrogens with zero attached hydrogens (tertiary/aromatic N) is 2. The van der Waals surface area contributed by atoms with Gasteiger partial charge in [0.1, 0.15) is 12.4 Å². The van der Waals surface area contributed by atoms with E-state index in [-0.39, 0.29) is 42.4 Å². The molecule has 2 aliphatic rings. The fourth-order valence-electron chi connectivity index (χ4n) is 3.78. The van der Waals surface area contributed by atoms with E-state index in [4.69, 9.17) is 9.47 Å². The molecular weight excluding hydrogens is 442 g/mol. The number of aryl methyl sites for hydroxylation is 1. The summed E-state index contributed by atoms with van der Waals surface area (Å²) in [4.78, 5) is 28.4. The Morgan fingerprint density at radius 2 is 2.00 bits per heavy atom. The number of sulfonamides is 1. The topological polar surface area (TPSA) is 109 Å². The van der Waals surface area contributed by atoms with E-state index in [1.54, 1.807) is 30.0 Å². The van der Waals surface area contributed by atoms with Crippen molar-refractivity contribution in [3.05, 3.63) is 45.2 Å². The van der Waals surface area contributed by atoms with Crippen molar-refractivity contribution in [1.82, 2.24) is 14.2 Å². The summed E-state index contributed by atoms with van der Waals surface area (Å²) in [6, 6.07) is 7.08. The Hall–Kier alpha value is -2.21. The number of carbonyl (C=O) groups excluding carboxylic acids is 1. The SMILES string of the molecule is Cc1[nH]c(=O)sc1S(=O)(=O)N1CCN(C(=O)c2ccccc2OC[C@@H]2CCCO2)CC1. The van der Waals surface area contributed by atoms with Crippen molar-refractivity contribution in [2.75, 3.05) is 39.4 Å². The Bertz CT molecular complexity index is 1100. The molecule has 0 saturated carbocycles. The number of aromatic nitrogens is 1.